The fraction of sp³-hybridized carbons (Fsp3) is 0.294. The predicted molar refractivity (Wildman–Crippen MR) is 76.8 cm³/mol. The van der Waals surface area contributed by atoms with Gasteiger partial charge in [0.05, 0.1) is 5.56 Å². The molecule has 3 rings (SSSR count). The second kappa shape index (κ2) is 5.72. The number of rotatable bonds is 2. The van der Waals surface area contributed by atoms with Crippen molar-refractivity contribution < 1.29 is 17.6 Å². The number of alkyl halides is 3. The molecule has 1 aliphatic heterocycles. The second-order valence-corrected chi connectivity index (χ2v) is 5.46. The maximum atomic E-state index is 14.0. The first-order valence-electron chi connectivity index (χ1n) is 7.15. The summed E-state index contributed by atoms with van der Waals surface area (Å²) >= 11 is 0. The van der Waals surface area contributed by atoms with Crippen LogP contribution in [0.3, 0.4) is 0 Å². The predicted octanol–water partition coefficient (Wildman–Crippen LogP) is 4.94. The molecule has 2 aromatic carbocycles. The van der Waals surface area contributed by atoms with Gasteiger partial charge in [0, 0.05) is 11.6 Å². The van der Waals surface area contributed by atoms with Crippen LogP contribution in [0.15, 0.2) is 42.5 Å². The van der Waals surface area contributed by atoms with E-state index >= 15 is 0 Å². The Kier molecular flexibility index (Phi) is 3.91. The molecule has 1 fully saturated rings. The first-order valence-corrected chi connectivity index (χ1v) is 7.15. The quantitative estimate of drug-likeness (QED) is 0.775. The highest BCUT2D eigenvalue weighted by Gasteiger charge is 2.31. The number of hydrogen-bond acceptors (Lipinski definition) is 1. The summed E-state index contributed by atoms with van der Waals surface area (Å²) in [7, 11) is 0. The van der Waals surface area contributed by atoms with Gasteiger partial charge in [-0.3, -0.25) is 0 Å². The fourth-order valence-corrected chi connectivity index (χ4v) is 2.79. The molecule has 2 aromatic rings. The van der Waals surface area contributed by atoms with Crippen LogP contribution in [-0.4, -0.2) is 6.54 Å². The number of benzene rings is 2. The van der Waals surface area contributed by atoms with E-state index in [1.807, 2.05) is 12.1 Å². The molecule has 22 heavy (non-hydrogen) atoms. The lowest BCUT2D eigenvalue weighted by Crippen LogP contribution is -2.12. The molecular weight excluding hydrogens is 294 g/mol. The van der Waals surface area contributed by atoms with Crippen LogP contribution in [0.25, 0.3) is 11.1 Å². The molecule has 0 bridgehead atoms. The molecule has 1 N–H and O–H groups in total. The Balaban J connectivity index is 1.87. The van der Waals surface area contributed by atoms with Crippen LogP contribution in [-0.2, 0) is 6.18 Å². The van der Waals surface area contributed by atoms with E-state index in [1.165, 1.54) is 6.07 Å². The summed E-state index contributed by atoms with van der Waals surface area (Å²) in [6.45, 7) is 0.986. The summed E-state index contributed by atoms with van der Waals surface area (Å²) in [5.74, 6) is -0.860. The smallest absolute Gasteiger partial charge is 0.310 e. The summed E-state index contributed by atoms with van der Waals surface area (Å²) in [5.41, 5.74) is 0.904. The molecule has 0 saturated carbocycles. The Morgan fingerprint density at radius 3 is 2.27 bits per heavy atom. The van der Waals surface area contributed by atoms with E-state index in [0.29, 0.717) is 17.7 Å². The van der Waals surface area contributed by atoms with Crippen molar-refractivity contribution >= 4 is 0 Å². The van der Waals surface area contributed by atoms with Crippen molar-refractivity contribution in [2.75, 3.05) is 6.54 Å². The van der Waals surface area contributed by atoms with Crippen molar-refractivity contribution in [3.63, 3.8) is 0 Å². The van der Waals surface area contributed by atoms with E-state index in [9.17, 15) is 17.6 Å². The van der Waals surface area contributed by atoms with Crippen molar-refractivity contribution in [3.05, 3.63) is 59.4 Å². The Labute approximate surface area is 126 Å². The average molecular weight is 309 g/mol. The van der Waals surface area contributed by atoms with Gasteiger partial charge < -0.3 is 5.32 Å². The molecule has 0 radical (unpaired) electrons. The van der Waals surface area contributed by atoms with Crippen molar-refractivity contribution in [2.24, 2.45) is 0 Å². The summed E-state index contributed by atoms with van der Waals surface area (Å²) < 4.78 is 51.6. The molecule has 1 saturated heterocycles. The molecule has 0 spiro atoms. The third kappa shape index (κ3) is 2.99. The lowest BCUT2D eigenvalue weighted by atomic mass is 9.99. The van der Waals surface area contributed by atoms with Gasteiger partial charge in [0.2, 0.25) is 0 Å². The first kappa shape index (κ1) is 15.0. The van der Waals surface area contributed by atoms with Crippen molar-refractivity contribution in [3.8, 4) is 11.1 Å². The van der Waals surface area contributed by atoms with Crippen LogP contribution in [0, 0.1) is 5.82 Å². The molecule has 1 unspecified atom stereocenters. The van der Waals surface area contributed by atoms with E-state index in [-0.39, 0.29) is 5.56 Å². The molecule has 1 aliphatic rings. The highest BCUT2D eigenvalue weighted by atomic mass is 19.4. The monoisotopic (exact) mass is 309 g/mol. The zero-order chi connectivity index (χ0) is 15.7. The maximum Gasteiger partial charge on any atom is 0.416 e. The van der Waals surface area contributed by atoms with Crippen molar-refractivity contribution in [1.82, 2.24) is 5.32 Å². The third-order valence-corrected chi connectivity index (χ3v) is 3.98. The molecule has 1 nitrogen and oxygen atoms in total. The minimum atomic E-state index is -4.53. The lowest BCUT2D eigenvalue weighted by Gasteiger charge is -2.12. The number of nitrogens with one attached hydrogen (secondary N) is 1. The molecule has 1 heterocycles. The Bertz CT molecular complexity index is 655. The molecule has 0 amide bonds. The molecule has 0 aromatic heterocycles. The van der Waals surface area contributed by atoms with Crippen molar-refractivity contribution in [1.29, 1.82) is 0 Å². The second-order valence-electron chi connectivity index (χ2n) is 5.46. The van der Waals surface area contributed by atoms with Crippen LogP contribution >= 0.6 is 0 Å². The van der Waals surface area contributed by atoms with E-state index in [2.05, 4.69) is 5.32 Å². The van der Waals surface area contributed by atoms with Gasteiger partial charge in [-0.25, -0.2) is 4.39 Å². The normalized spacial score (nSPS) is 18.6. The summed E-state index contributed by atoms with van der Waals surface area (Å²) in [6, 6.07) is 10.2. The van der Waals surface area contributed by atoms with Crippen LogP contribution in [0.4, 0.5) is 17.6 Å². The van der Waals surface area contributed by atoms with Gasteiger partial charge in [0.15, 0.2) is 0 Å². The van der Waals surface area contributed by atoms with Crippen LogP contribution in [0.2, 0.25) is 0 Å². The minimum Gasteiger partial charge on any atom is -0.310 e. The van der Waals surface area contributed by atoms with E-state index in [4.69, 9.17) is 0 Å². The Morgan fingerprint density at radius 2 is 1.73 bits per heavy atom. The van der Waals surface area contributed by atoms with Gasteiger partial charge in [-0.1, -0.05) is 30.3 Å². The van der Waals surface area contributed by atoms with Gasteiger partial charge in [0.25, 0.3) is 0 Å². The first-order chi connectivity index (χ1) is 10.4. The Morgan fingerprint density at radius 1 is 1.00 bits per heavy atom. The summed E-state index contributed by atoms with van der Waals surface area (Å²) in [4.78, 5) is 0. The van der Waals surface area contributed by atoms with Crippen LogP contribution < -0.4 is 5.32 Å². The van der Waals surface area contributed by atoms with Gasteiger partial charge in [-0.15, -0.1) is 0 Å². The fourth-order valence-electron chi connectivity index (χ4n) is 2.79. The van der Waals surface area contributed by atoms with Gasteiger partial charge in [0.1, 0.15) is 5.82 Å². The van der Waals surface area contributed by atoms with Crippen molar-refractivity contribution in [2.45, 2.75) is 25.1 Å². The molecule has 116 valence electrons. The van der Waals surface area contributed by atoms with Gasteiger partial charge in [-0.05, 0) is 42.6 Å². The maximum absolute atomic E-state index is 14.0. The van der Waals surface area contributed by atoms with Gasteiger partial charge in [-0.2, -0.15) is 13.2 Å². The zero-order valence-electron chi connectivity index (χ0n) is 11.8. The number of halogens is 4. The van der Waals surface area contributed by atoms with E-state index in [0.717, 1.165) is 31.0 Å². The Hall–Kier alpha value is -1.88. The number of hydrogen-bond donors (Lipinski definition) is 1. The lowest BCUT2D eigenvalue weighted by molar-refractivity contribution is -0.137. The van der Waals surface area contributed by atoms with Crippen LogP contribution in [0.5, 0.6) is 0 Å². The highest BCUT2D eigenvalue weighted by Crippen LogP contribution is 2.33. The molecule has 1 atom stereocenters. The zero-order valence-corrected chi connectivity index (χ0v) is 11.8. The third-order valence-electron chi connectivity index (χ3n) is 3.98. The molecule has 0 aliphatic carbocycles. The van der Waals surface area contributed by atoms with Gasteiger partial charge >= 0.3 is 6.18 Å². The topological polar surface area (TPSA) is 12.0 Å². The summed E-state index contributed by atoms with van der Waals surface area (Å²) in [5, 5.41) is 3.37. The SMILES string of the molecule is Fc1cc(C(F)(F)F)ccc1-c1ccc(C2CCCN2)cc1. The van der Waals surface area contributed by atoms with Crippen LogP contribution in [0.1, 0.15) is 30.0 Å². The highest BCUT2D eigenvalue weighted by molar-refractivity contribution is 5.65. The summed E-state index contributed by atoms with van der Waals surface area (Å²) in [6.07, 6.45) is -2.34. The molecular formula is C17H15F4N. The molecule has 5 heteroatoms. The van der Waals surface area contributed by atoms with E-state index < -0.39 is 17.6 Å². The largest absolute Gasteiger partial charge is 0.416 e. The standard InChI is InChI=1S/C17H15F4N/c18-15-10-13(17(19,20)21)7-8-14(15)11-3-5-12(6-4-11)16-2-1-9-22-16/h3-8,10,16,22H,1-2,9H2. The van der Waals surface area contributed by atoms with E-state index in [1.54, 1.807) is 12.1 Å². The average Bonchev–Trinajstić information content (AvgIpc) is 3.01. The minimum absolute atomic E-state index is 0.180.